The fraction of sp³-hybridized carbons (Fsp3) is 0.471. The minimum absolute atomic E-state index is 0.176. The maximum atomic E-state index is 12.5. The third-order valence-corrected chi connectivity index (χ3v) is 4.92. The topological polar surface area (TPSA) is 91.2 Å². The summed E-state index contributed by atoms with van der Waals surface area (Å²) in [6.45, 7) is 1.47. The Labute approximate surface area is 139 Å². The maximum absolute atomic E-state index is 12.5. The first-order valence-corrected chi connectivity index (χ1v) is 8.38. The molecule has 3 heterocycles. The van der Waals surface area contributed by atoms with Crippen LogP contribution in [0.15, 0.2) is 22.8 Å². The summed E-state index contributed by atoms with van der Waals surface area (Å²) in [6.07, 6.45) is 5.41. The van der Waals surface area contributed by atoms with Crippen molar-refractivity contribution in [1.82, 2.24) is 20.4 Å². The van der Waals surface area contributed by atoms with Crippen LogP contribution in [0.25, 0.3) is 0 Å². The number of nitrogens with one attached hydrogen (secondary N) is 2. The lowest BCUT2D eigenvalue weighted by Crippen LogP contribution is -2.42. The molecule has 0 spiro atoms. The molecule has 2 amide bonds. The van der Waals surface area contributed by atoms with E-state index in [2.05, 4.69) is 15.5 Å². The van der Waals surface area contributed by atoms with Gasteiger partial charge in [-0.2, -0.15) is 5.10 Å². The minimum Gasteiger partial charge on any atom is -0.467 e. The third-order valence-electron chi connectivity index (χ3n) is 4.92. The molecule has 2 aromatic heterocycles. The monoisotopic (exact) mass is 328 g/mol. The molecule has 2 aromatic rings. The number of aromatic amines is 1. The van der Waals surface area contributed by atoms with Crippen LogP contribution in [0.1, 0.15) is 46.8 Å². The maximum Gasteiger partial charge on any atom is 0.272 e. The van der Waals surface area contributed by atoms with Gasteiger partial charge in [0.05, 0.1) is 12.8 Å². The van der Waals surface area contributed by atoms with Crippen molar-refractivity contribution in [3.05, 3.63) is 41.1 Å². The highest BCUT2D eigenvalue weighted by molar-refractivity contribution is 5.94. The molecule has 2 N–H and O–H groups in total. The first-order chi connectivity index (χ1) is 11.7. The Bertz CT molecular complexity index is 746. The molecule has 7 heteroatoms. The largest absolute Gasteiger partial charge is 0.467 e. The summed E-state index contributed by atoms with van der Waals surface area (Å²) in [5, 5.41) is 9.92. The van der Waals surface area contributed by atoms with Gasteiger partial charge in [-0.15, -0.1) is 0 Å². The summed E-state index contributed by atoms with van der Waals surface area (Å²) < 4.78 is 5.21. The summed E-state index contributed by atoms with van der Waals surface area (Å²) in [6, 6.07) is 3.58. The second-order valence-electron chi connectivity index (χ2n) is 6.43. The molecule has 7 nitrogen and oxygen atoms in total. The molecular formula is C17H20N4O3. The van der Waals surface area contributed by atoms with Crippen LogP contribution in [0.3, 0.4) is 0 Å². The van der Waals surface area contributed by atoms with Crippen molar-refractivity contribution in [3.63, 3.8) is 0 Å². The van der Waals surface area contributed by atoms with Crippen molar-refractivity contribution in [2.45, 2.75) is 38.8 Å². The molecule has 4 rings (SSSR count). The fourth-order valence-electron chi connectivity index (χ4n) is 3.25. The highest BCUT2D eigenvalue weighted by Gasteiger charge is 2.33. The first kappa shape index (κ1) is 15.0. The molecule has 0 radical (unpaired) electrons. The van der Waals surface area contributed by atoms with Crippen LogP contribution >= 0.6 is 0 Å². The molecule has 0 atom stereocenters. The summed E-state index contributed by atoms with van der Waals surface area (Å²) in [7, 11) is 0. The lowest BCUT2D eigenvalue weighted by Gasteiger charge is -2.33. The molecule has 2 aliphatic rings. The van der Waals surface area contributed by atoms with E-state index >= 15 is 0 Å². The van der Waals surface area contributed by atoms with Crippen LogP contribution in [0.5, 0.6) is 0 Å². The number of hydrogen-bond donors (Lipinski definition) is 2. The molecule has 24 heavy (non-hydrogen) atoms. The zero-order valence-electron chi connectivity index (χ0n) is 13.4. The van der Waals surface area contributed by atoms with E-state index in [-0.39, 0.29) is 17.7 Å². The van der Waals surface area contributed by atoms with Crippen LogP contribution in [0.4, 0.5) is 0 Å². The zero-order chi connectivity index (χ0) is 16.5. The van der Waals surface area contributed by atoms with Gasteiger partial charge >= 0.3 is 0 Å². The van der Waals surface area contributed by atoms with Gasteiger partial charge in [0.1, 0.15) is 5.76 Å². The molecule has 0 aromatic carbocycles. The second kappa shape index (κ2) is 6.14. The molecule has 1 aliphatic carbocycles. The standard InChI is InChI=1S/C17H20N4O3/c22-16(18-9-12-5-2-8-24-12)15-13-10-21(7-6-14(13)19-20-15)17(23)11-3-1-4-11/h2,5,8,11H,1,3-4,6-7,9-10H2,(H,18,22)(H,19,20). The number of fused-ring (bicyclic) bond motifs is 1. The number of carbonyl (C=O) groups excluding carboxylic acids is 2. The molecule has 0 bridgehead atoms. The molecule has 1 fully saturated rings. The van der Waals surface area contributed by atoms with Gasteiger partial charge in [0, 0.05) is 36.7 Å². The smallest absolute Gasteiger partial charge is 0.272 e. The van der Waals surface area contributed by atoms with Crippen molar-refractivity contribution in [2.24, 2.45) is 5.92 Å². The molecular weight excluding hydrogens is 308 g/mol. The Hall–Kier alpha value is -2.57. The van der Waals surface area contributed by atoms with Gasteiger partial charge in [0.25, 0.3) is 5.91 Å². The number of rotatable bonds is 4. The van der Waals surface area contributed by atoms with E-state index < -0.39 is 0 Å². The van der Waals surface area contributed by atoms with E-state index in [1.165, 1.54) is 0 Å². The van der Waals surface area contributed by atoms with Crippen LogP contribution in [0.2, 0.25) is 0 Å². The normalized spacial score (nSPS) is 17.2. The summed E-state index contributed by atoms with van der Waals surface area (Å²) in [5.41, 5.74) is 2.17. The van der Waals surface area contributed by atoms with Gasteiger partial charge in [0.2, 0.25) is 5.91 Å². The van der Waals surface area contributed by atoms with E-state index in [0.29, 0.717) is 37.5 Å². The van der Waals surface area contributed by atoms with Gasteiger partial charge < -0.3 is 14.6 Å². The van der Waals surface area contributed by atoms with Crippen LogP contribution in [-0.2, 0) is 24.3 Å². The number of amides is 2. The number of nitrogens with zero attached hydrogens (tertiary/aromatic N) is 2. The van der Waals surface area contributed by atoms with Gasteiger partial charge in [-0.3, -0.25) is 14.7 Å². The Balaban J connectivity index is 1.45. The Morgan fingerprint density at radius 3 is 3.00 bits per heavy atom. The highest BCUT2D eigenvalue weighted by Crippen LogP contribution is 2.30. The van der Waals surface area contributed by atoms with E-state index in [0.717, 1.165) is 30.5 Å². The highest BCUT2D eigenvalue weighted by atomic mass is 16.3. The predicted octanol–water partition coefficient (Wildman–Crippen LogP) is 1.62. The van der Waals surface area contributed by atoms with Crippen LogP contribution in [-0.4, -0.2) is 33.5 Å². The van der Waals surface area contributed by atoms with Crippen molar-refractivity contribution in [1.29, 1.82) is 0 Å². The van der Waals surface area contributed by atoms with Crippen LogP contribution < -0.4 is 5.32 Å². The average Bonchev–Trinajstić information content (AvgIpc) is 3.19. The number of hydrogen-bond acceptors (Lipinski definition) is 4. The fourth-order valence-corrected chi connectivity index (χ4v) is 3.25. The Morgan fingerprint density at radius 1 is 1.42 bits per heavy atom. The van der Waals surface area contributed by atoms with E-state index in [1.54, 1.807) is 18.4 Å². The number of carbonyl (C=O) groups is 2. The molecule has 126 valence electrons. The number of H-pyrrole nitrogens is 1. The Morgan fingerprint density at radius 2 is 2.29 bits per heavy atom. The first-order valence-electron chi connectivity index (χ1n) is 8.38. The van der Waals surface area contributed by atoms with Gasteiger partial charge in [-0.05, 0) is 25.0 Å². The molecule has 1 saturated carbocycles. The van der Waals surface area contributed by atoms with Crippen molar-refractivity contribution >= 4 is 11.8 Å². The SMILES string of the molecule is O=C(NCc1ccco1)c1n[nH]c2c1CN(C(=O)C1CCC1)CC2. The summed E-state index contributed by atoms with van der Waals surface area (Å²) >= 11 is 0. The van der Waals surface area contributed by atoms with Crippen LogP contribution in [0, 0.1) is 5.92 Å². The lowest BCUT2D eigenvalue weighted by molar-refractivity contribution is -0.139. The number of furan rings is 1. The van der Waals surface area contributed by atoms with E-state index in [4.69, 9.17) is 4.42 Å². The quantitative estimate of drug-likeness (QED) is 0.892. The average molecular weight is 328 g/mol. The predicted molar refractivity (Wildman–Crippen MR) is 84.9 cm³/mol. The van der Waals surface area contributed by atoms with Gasteiger partial charge in [-0.1, -0.05) is 6.42 Å². The third kappa shape index (κ3) is 2.70. The Kier molecular flexibility index (Phi) is 3.84. The zero-order valence-corrected chi connectivity index (χ0v) is 13.4. The number of aromatic nitrogens is 2. The van der Waals surface area contributed by atoms with E-state index in [1.807, 2.05) is 4.90 Å². The minimum atomic E-state index is -0.248. The van der Waals surface area contributed by atoms with Crippen molar-refractivity contribution in [2.75, 3.05) is 6.54 Å². The van der Waals surface area contributed by atoms with Gasteiger partial charge in [0.15, 0.2) is 5.69 Å². The molecule has 1 aliphatic heterocycles. The van der Waals surface area contributed by atoms with Gasteiger partial charge in [-0.25, -0.2) is 0 Å². The van der Waals surface area contributed by atoms with Crippen molar-refractivity contribution < 1.29 is 14.0 Å². The molecule has 0 unspecified atom stereocenters. The summed E-state index contributed by atoms with van der Waals surface area (Å²) in [5.74, 6) is 0.834. The van der Waals surface area contributed by atoms with Crippen molar-refractivity contribution in [3.8, 4) is 0 Å². The summed E-state index contributed by atoms with van der Waals surface area (Å²) in [4.78, 5) is 26.7. The second-order valence-corrected chi connectivity index (χ2v) is 6.43. The lowest BCUT2D eigenvalue weighted by atomic mass is 9.84. The van der Waals surface area contributed by atoms with E-state index in [9.17, 15) is 9.59 Å². The molecule has 0 saturated heterocycles.